The van der Waals surface area contributed by atoms with Gasteiger partial charge < -0.3 is 10.1 Å². The van der Waals surface area contributed by atoms with Gasteiger partial charge in [0.2, 0.25) is 5.91 Å². The summed E-state index contributed by atoms with van der Waals surface area (Å²) < 4.78 is 5.23. The molecule has 0 aromatic heterocycles. The quantitative estimate of drug-likeness (QED) is 0.723. The minimum Gasteiger partial charge on any atom is -0.497 e. The van der Waals surface area contributed by atoms with Gasteiger partial charge in [-0.15, -0.1) is 0 Å². The number of carbonyl (C=O) groups is 1. The summed E-state index contributed by atoms with van der Waals surface area (Å²) in [5.74, 6) is 0.988. The Hall–Kier alpha value is -2.04. The number of nitrogens with one attached hydrogen (secondary N) is 1. The van der Waals surface area contributed by atoms with Crippen LogP contribution in [0.3, 0.4) is 0 Å². The molecule has 4 nitrogen and oxygen atoms in total. The van der Waals surface area contributed by atoms with E-state index in [9.17, 15) is 4.79 Å². The van der Waals surface area contributed by atoms with Crippen LogP contribution in [0.4, 0.5) is 0 Å². The van der Waals surface area contributed by atoms with Gasteiger partial charge in [0, 0.05) is 18.1 Å². The molecule has 2 aromatic rings. The predicted octanol–water partition coefficient (Wildman–Crippen LogP) is 4.83. The summed E-state index contributed by atoms with van der Waals surface area (Å²) in [6.07, 6.45) is 2.82. The zero-order chi connectivity index (χ0) is 19.9. The summed E-state index contributed by atoms with van der Waals surface area (Å²) in [5.41, 5.74) is 2.23. The first kappa shape index (κ1) is 20.7. The summed E-state index contributed by atoms with van der Waals surface area (Å²) in [4.78, 5) is 15.3. The highest BCUT2D eigenvalue weighted by Crippen LogP contribution is 2.24. The van der Waals surface area contributed by atoms with Gasteiger partial charge in [-0.05, 0) is 55.1 Å². The number of amides is 1. The normalized spacial score (nSPS) is 18.5. The van der Waals surface area contributed by atoms with Crippen molar-refractivity contribution in [2.24, 2.45) is 5.92 Å². The third-order valence-electron chi connectivity index (χ3n) is 5.47. The lowest BCUT2D eigenvalue weighted by molar-refractivity contribution is -0.127. The number of hydrogen-bond acceptors (Lipinski definition) is 3. The molecule has 1 N–H and O–H groups in total. The first-order valence-corrected chi connectivity index (χ1v) is 10.4. The van der Waals surface area contributed by atoms with Gasteiger partial charge in [-0.2, -0.15) is 0 Å². The van der Waals surface area contributed by atoms with E-state index in [1.54, 1.807) is 7.11 Å². The number of nitrogens with zero attached hydrogens (tertiary/aromatic N) is 1. The van der Waals surface area contributed by atoms with Crippen molar-refractivity contribution in [2.75, 3.05) is 20.2 Å². The van der Waals surface area contributed by atoms with Crippen LogP contribution in [0.2, 0.25) is 5.02 Å². The lowest BCUT2D eigenvalue weighted by atomic mass is 9.95. The number of halogens is 1. The van der Waals surface area contributed by atoms with Gasteiger partial charge in [0.15, 0.2) is 0 Å². The Balaban J connectivity index is 1.60. The number of benzene rings is 2. The van der Waals surface area contributed by atoms with Crippen LogP contribution < -0.4 is 10.1 Å². The van der Waals surface area contributed by atoms with Gasteiger partial charge in [-0.1, -0.05) is 48.9 Å². The average Bonchev–Trinajstić information content (AvgIpc) is 2.74. The molecule has 0 radical (unpaired) electrons. The molecule has 1 saturated heterocycles. The van der Waals surface area contributed by atoms with Crippen LogP contribution in [0, 0.1) is 5.92 Å². The van der Waals surface area contributed by atoms with E-state index in [0.29, 0.717) is 0 Å². The average molecular weight is 401 g/mol. The van der Waals surface area contributed by atoms with Crippen molar-refractivity contribution < 1.29 is 9.53 Å². The largest absolute Gasteiger partial charge is 0.497 e. The highest BCUT2D eigenvalue weighted by molar-refractivity contribution is 6.31. The third kappa shape index (κ3) is 5.27. The molecule has 0 saturated carbocycles. The summed E-state index contributed by atoms with van der Waals surface area (Å²) in [7, 11) is 1.66. The molecular weight excluding hydrogens is 372 g/mol. The van der Waals surface area contributed by atoms with Gasteiger partial charge in [0.25, 0.3) is 0 Å². The van der Waals surface area contributed by atoms with E-state index in [2.05, 4.69) is 23.2 Å². The minimum atomic E-state index is 0.0172. The van der Waals surface area contributed by atoms with Crippen LogP contribution in [0.5, 0.6) is 5.75 Å². The van der Waals surface area contributed by atoms with Crippen molar-refractivity contribution in [1.29, 1.82) is 0 Å². The number of piperidine rings is 1. The second-order valence-electron chi connectivity index (χ2n) is 7.41. The molecule has 1 amide bonds. The zero-order valence-corrected chi connectivity index (χ0v) is 17.4. The molecule has 0 bridgehead atoms. The van der Waals surface area contributed by atoms with Crippen molar-refractivity contribution in [3.05, 3.63) is 64.7 Å². The lowest BCUT2D eigenvalue weighted by Gasteiger charge is -2.33. The van der Waals surface area contributed by atoms with Gasteiger partial charge in [0.1, 0.15) is 5.75 Å². The van der Waals surface area contributed by atoms with Crippen LogP contribution in [0.1, 0.15) is 43.4 Å². The molecule has 1 heterocycles. The van der Waals surface area contributed by atoms with Crippen LogP contribution in [0.25, 0.3) is 0 Å². The third-order valence-corrected chi connectivity index (χ3v) is 5.84. The fourth-order valence-corrected chi connectivity index (χ4v) is 4.02. The van der Waals surface area contributed by atoms with Gasteiger partial charge in [-0.3, -0.25) is 9.69 Å². The summed E-state index contributed by atoms with van der Waals surface area (Å²) in [6.45, 7) is 4.67. The molecular formula is C23H29ClN2O2. The number of hydrogen-bond donors (Lipinski definition) is 1. The molecule has 5 heteroatoms. The maximum Gasteiger partial charge on any atom is 0.224 e. The van der Waals surface area contributed by atoms with Gasteiger partial charge >= 0.3 is 0 Å². The first-order valence-electron chi connectivity index (χ1n) is 10.0. The Labute approximate surface area is 172 Å². The SMILES string of the molecule is CC[C@H](NC(=O)[C@@H]1CCCN(Cc2ccccc2Cl)C1)c1ccc(OC)cc1. The standard InChI is InChI=1S/C23H29ClN2O2/c1-3-22(17-10-12-20(28-2)13-11-17)25-23(27)19-8-6-14-26(16-19)15-18-7-4-5-9-21(18)24/h4-5,7,9-13,19,22H,3,6,8,14-16H2,1-2H3,(H,25,27)/t19-,22+/m1/s1. The smallest absolute Gasteiger partial charge is 0.224 e. The molecule has 2 aromatic carbocycles. The van der Waals surface area contributed by atoms with E-state index < -0.39 is 0 Å². The van der Waals surface area contributed by atoms with E-state index in [4.69, 9.17) is 16.3 Å². The van der Waals surface area contributed by atoms with E-state index in [1.165, 1.54) is 0 Å². The van der Waals surface area contributed by atoms with E-state index >= 15 is 0 Å². The van der Waals surface area contributed by atoms with Crippen LogP contribution in [0.15, 0.2) is 48.5 Å². The molecule has 2 atom stereocenters. The second kappa shape index (κ2) is 9.94. The second-order valence-corrected chi connectivity index (χ2v) is 7.82. The highest BCUT2D eigenvalue weighted by atomic mass is 35.5. The van der Waals surface area contributed by atoms with Crippen LogP contribution >= 0.6 is 11.6 Å². The Morgan fingerprint density at radius 2 is 2.00 bits per heavy atom. The summed E-state index contributed by atoms with van der Waals surface area (Å²) in [5, 5.41) is 4.04. The van der Waals surface area contributed by atoms with E-state index in [1.807, 2.05) is 42.5 Å². The fourth-order valence-electron chi connectivity index (χ4n) is 3.83. The maximum absolute atomic E-state index is 12.9. The molecule has 3 rings (SSSR count). The summed E-state index contributed by atoms with van der Waals surface area (Å²) in [6, 6.07) is 15.9. The molecule has 0 aliphatic carbocycles. The molecule has 1 aliphatic heterocycles. The maximum atomic E-state index is 12.9. The zero-order valence-electron chi connectivity index (χ0n) is 16.7. The lowest BCUT2D eigenvalue weighted by Crippen LogP contribution is -2.43. The topological polar surface area (TPSA) is 41.6 Å². The van der Waals surface area contributed by atoms with Crippen LogP contribution in [-0.2, 0) is 11.3 Å². The molecule has 28 heavy (non-hydrogen) atoms. The van der Waals surface area contributed by atoms with Crippen molar-refractivity contribution in [1.82, 2.24) is 10.2 Å². The monoisotopic (exact) mass is 400 g/mol. The molecule has 150 valence electrons. The van der Waals surface area contributed by atoms with Crippen molar-refractivity contribution in [2.45, 2.75) is 38.8 Å². The summed E-state index contributed by atoms with van der Waals surface area (Å²) >= 11 is 6.30. The van der Waals surface area contributed by atoms with Gasteiger partial charge in [-0.25, -0.2) is 0 Å². The van der Waals surface area contributed by atoms with Crippen molar-refractivity contribution in [3.63, 3.8) is 0 Å². The molecule has 0 spiro atoms. The highest BCUT2D eigenvalue weighted by Gasteiger charge is 2.27. The van der Waals surface area contributed by atoms with Crippen molar-refractivity contribution >= 4 is 17.5 Å². The minimum absolute atomic E-state index is 0.0172. The number of carbonyl (C=O) groups excluding carboxylic acids is 1. The number of ether oxygens (including phenoxy) is 1. The number of likely N-dealkylation sites (tertiary alicyclic amines) is 1. The predicted molar refractivity (Wildman–Crippen MR) is 114 cm³/mol. The van der Waals surface area contributed by atoms with Gasteiger partial charge in [0.05, 0.1) is 19.1 Å². The van der Waals surface area contributed by atoms with Crippen LogP contribution in [-0.4, -0.2) is 31.0 Å². The Bertz CT molecular complexity index is 778. The first-order chi connectivity index (χ1) is 13.6. The molecule has 1 aliphatic rings. The van der Waals surface area contributed by atoms with E-state index in [-0.39, 0.29) is 17.9 Å². The Morgan fingerprint density at radius 1 is 1.25 bits per heavy atom. The molecule has 1 fully saturated rings. The Kier molecular flexibility index (Phi) is 7.35. The molecule has 0 unspecified atom stereocenters. The Morgan fingerprint density at radius 3 is 2.68 bits per heavy atom. The number of rotatable bonds is 7. The van der Waals surface area contributed by atoms with E-state index in [0.717, 1.165) is 60.8 Å². The number of methoxy groups -OCH3 is 1. The fraction of sp³-hybridized carbons (Fsp3) is 0.435. The van der Waals surface area contributed by atoms with Crippen molar-refractivity contribution in [3.8, 4) is 5.75 Å².